The average molecular weight is 302 g/mol. The van der Waals surface area contributed by atoms with Crippen LogP contribution in [0.3, 0.4) is 0 Å². The summed E-state index contributed by atoms with van der Waals surface area (Å²) in [5.74, 6) is 0. The lowest BCUT2D eigenvalue weighted by Crippen LogP contribution is -2.46. The van der Waals surface area contributed by atoms with E-state index in [0.29, 0.717) is 0 Å². The number of benzene rings is 2. The summed E-state index contributed by atoms with van der Waals surface area (Å²) in [6.07, 6.45) is 0. The molecule has 1 heterocycles. The number of hydrogen-bond acceptors (Lipinski definition) is 3. The van der Waals surface area contributed by atoms with Gasteiger partial charge in [0.1, 0.15) is 0 Å². The van der Waals surface area contributed by atoms with Crippen LogP contribution in [-0.2, 0) is 0 Å². The third kappa shape index (κ3) is 2.93. The van der Waals surface area contributed by atoms with Gasteiger partial charge < -0.3 is 15.5 Å². The maximum Gasteiger partial charge on any atom is 0.0639 e. The van der Waals surface area contributed by atoms with Crippen LogP contribution in [0.25, 0.3) is 0 Å². The van der Waals surface area contributed by atoms with Gasteiger partial charge in [-0.1, -0.05) is 29.8 Å². The largest absolute Gasteiger partial charge is 0.397 e. The topological polar surface area (TPSA) is 32.5 Å². The molecule has 1 aliphatic heterocycles. The molecule has 110 valence electrons. The fraction of sp³-hybridized carbons (Fsp3) is 0.294. The molecule has 0 amide bonds. The zero-order valence-electron chi connectivity index (χ0n) is 12.2. The van der Waals surface area contributed by atoms with Crippen molar-refractivity contribution in [2.75, 3.05) is 41.7 Å². The van der Waals surface area contributed by atoms with Gasteiger partial charge in [-0.2, -0.15) is 0 Å². The zero-order chi connectivity index (χ0) is 14.8. The molecule has 2 aromatic carbocycles. The molecule has 0 aliphatic carbocycles. The van der Waals surface area contributed by atoms with Gasteiger partial charge in [-0.25, -0.2) is 0 Å². The lowest BCUT2D eigenvalue weighted by atomic mass is 10.1. The molecule has 2 aromatic rings. The van der Waals surface area contributed by atoms with Gasteiger partial charge in [0.25, 0.3) is 0 Å². The lowest BCUT2D eigenvalue weighted by Gasteiger charge is -2.38. The second-order valence-corrected chi connectivity index (χ2v) is 5.89. The SMILES string of the molecule is Cc1ccc(N2CCN(c3ccccc3Cl)CC2)c(N)c1. The van der Waals surface area contributed by atoms with Gasteiger partial charge >= 0.3 is 0 Å². The molecular weight excluding hydrogens is 282 g/mol. The van der Waals surface area contributed by atoms with E-state index in [-0.39, 0.29) is 0 Å². The van der Waals surface area contributed by atoms with Gasteiger partial charge in [-0.3, -0.25) is 0 Å². The van der Waals surface area contributed by atoms with E-state index >= 15 is 0 Å². The monoisotopic (exact) mass is 301 g/mol. The van der Waals surface area contributed by atoms with E-state index in [0.717, 1.165) is 48.3 Å². The normalized spacial score (nSPS) is 15.3. The van der Waals surface area contributed by atoms with Crippen LogP contribution in [-0.4, -0.2) is 26.2 Å². The maximum atomic E-state index is 6.28. The van der Waals surface area contributed by atoms with E-state index < -0.39 is 0 Å². The molecule has 0 unspecified atom stereocenters. The Morgan fingerprint density at radius 3 is 2.14 bits per heavy atom. The number of halogens is 1. The number of anilines is 3. The third-order valence-corrected chi connectivity index (χ3v) is 4.32. The number of aryl methyl sites for hydroxylation is 1. The Morgan fingerprint density at radius 2 is 1.52 bits per heavy atom. The van der Waals surface area contributed by atoms with Gasteiger partial charge in [-0.05, 0) is 36.8 Å². The number of rotatable bonds is 2. The molecule has 0 bridgehead atoms. The Bertz CT molecular complexity index is 634. The first-order valence-electron chi connectivity index (χ1n) is 7.26. The van der Waals surface area contributed by atoms with E-state index in [9.17, 15) is 0 Å². The van der Waals surface area contributed by atoms with Crippen LogP contribution in [0.2, 0.25) is 5.02 Å². The Labute approximate surface area is 130 Å². The highest BCUT2D eigenvalue weighted by atomic mass is 35.5. The molecule has 0 radical (unpaired) electrons. The van der Waals surface area contributed by atoms with Crippen molar-refractivity contribution in [1.82, 2.24) is 0 Å². The smallest absolute Gasteiger partial charge is 0.0639 e. The molecule has 2 N–H and O–H groups in total. The second kappa shape index (κ2) is 5.86. The van der Waals surface area contributed by atoms with Crippen molar-refractivity contribution in [3.63, 3.8) is 0 Å². The molecule has 21 heavy (non-hydrogen) atoms. The van der Waals surface area contributed by atoms with Crippen LogP contribution in [0, 0.1) is 6.92 Å². The minimum atomic E-state index is 0.820. The Kier molecular flexibility index (Phi) is 3.93. The number of nitrogen functional groups attached to an aromatic ring is 1. The molecule has 3 rings (SSSR count). The first kappa shape index (κ1) is 14.1. The highest BCUT2D eigenvalue weighted by Gasteiger charge is 2.20. The molecule has 1 aliphatic rings. The summed E-state index contributed by atoms with van der Waals surface area (Å²) in [6.45, 7) is 5.89. The van der Waals surface area contributed by atoms with E-state index in [1.807, 2.05) is 24.3 Å². The van der Waals surface area contributed by atoms with E-state index in [1.54, 1.807) is 0 Å². The van der Waals surface area contributed by atoms with Crippen molar-refractivity contribution < 1.29 is 0 Å². The average Bonchev–Trinajstić information content (AvgIpc) is 2.48. The highest BCUT2D eigenvalue weighted by Crippen LogP contribution is 2.29. The number of nitrogens with two attached hydrogens (primary N) is 1. The summed E-state index contributed by atoms with van der Waals surface area (Å²) in [6, 6.07) is 14.3. The maximum absolute atomic E-state index is 6.28. The van der Waals surface area contributed by atoms with Crippen molar-refractivity contribution in [2.24, 2.45) is 0 Å². The highest BCUT2D eigenvalue weighted by molar-refractivity contribution is 6.33. The summed E-state index contributed by atoms with van der Waals surface area (Å²) < 4.78 is 0. The first-order valence-corrected chi connectivity index (χ1v) is 7.63. The third-order valence-electron chi connectivity index (χ3n) is 4.00. The van der Waals surface area contributed by atoms with Crippen molar-refractivity contribution in [2.45, 2.75) is 6.92 Å². The number of piperazine rings is 1. The number of para-hydroxylation sites is 1. The molecule has 1 fully saturated rings. The van der Waals surface area contributed by atoms with Gasteiger partial charge in [0.05, 0.1) is 22.1 Å². The lowest BCUT2D eigenvalue weighted by molar-refractivity contribution is 0.654. The number of hydrogen-bond donors (Lipinski definition) is 1. The molecule has 0 atom stereocenters. The minimum Gasteiger partial charge on any atom is -0.397 e. The van der Waals surface area contributed by atoms with Gasteiger partial charge in [0, 0.05) is 26.2 Å². The number of nitrogens with zero attached hydrogens (tertiary/aromatic N) is 2. The standard InChI is InChI=1S/C17H20ClN3/c1-13-6-7-17(15(19)12-13)21-10-8-20(9-11-21)16-5-3-2-4-14(16)18/h2-7,12H,8-11,19H2,1H3. The molecular formula is C17H20ClN3. The summed E-state index contributed by atoms with van der Waals surface area (Å²) in [4.78, 5) is 4.69. The fourth-order valence-electron chi connectivity index (χ4n) is 2.86. The van der Waals surface area contributed by atoms with Crippen LogP contribution in [0.5, 0.6) is 0 Å². The first-order chi connectivity index (χ1) is 10.1. The van der Waals surface area contributed by atoms with Crippen molar-refractivity contribution >= 4 is 28.7 Å². The molecule has 0 spiro atoms. The van der Waals surface area contributed by atoms with E-state index in [4.69, 9.17) is 17.3 Å². The summed E-state index contributed by atoms with van der Waals surface area (Å²) in [5.41, 5.74) is 10.5. The Balaban J connectivity index is 1.72. The van der Waals surface area contributed by atoms with Gasteiger partial charge in [-0.15, -0.1) is 0 Å². The zero-order valence-corrected chi connectivity index (χ0v) is 13.0. The molecule has 1 saturated heterocycles. The predicted molar refractivity (Wildman–Crippen MR) is 91.5 cm³/mol. The minimum absolute atomic E-state index is 0.820. The summed E-state index contributed by atoms with van der Waals surface area (Å²) in [7, 11) is 0. The van der Waals surface area contributed by atoms with Crippen molar-refractivity contribution in [1.29, 1.82) is 0 Å². The predicted octanol–water partition coefficient (Wildman–Crippen LogP) is 3.56. The van der Waals surface area contributed by atoms with Crippen molar-refractivity contribution in [3.8, 4) is 0 Å². The fourth-order valence-corrected chi connectivity index (χ4v) is 3.11. The van der Waals surface area contributed by atoms with Crippen LogP contribution in [0.4, 0.5) is 17.1 Å². The van der Waals surface area contributed by atoms with Crippen LogP contribution < -0.4 is 15.5 Å². The molecule has 3 nitrogen and oxygen atoms in total. The Hall–Kier alpha value is -1.87. The summed E-state index contributed by atoms with van der Waals surface area (Å²) in [5, 5.41) is 0.820. The van der Waals surface area contributed by atoms with E-state index in [2.05, 4.69) is 34.9 Å². The molecule has 4 heteroatoms. The van der Waals surface area contributed by atoms with Gasteiger partial charge in [0.15, 0.2) is 0 Å². The van der Waals surface area contributed by atoms with Crippen LogP contribution in [0.1, 0.15) is 5.56 Å². The van der Waals surface area contributed by atoms with Crippen LogP contribution in [0.15, 0.2) is 42.5 Å². The van der Waals surface area contributed by atoms with E-state index in [1.165, 1.54) is 5.56 Å². The van der Waals surface area contributed by atoms with Crippen molar-refractivity contribution in [3.05, 3.63) is 53.1 Å². The Morgan fingerprint density at radius 1 is 0.905 bits per heavy atom. The molecule has 0 aromatic heterocycles. The van der Waals surface area contributed by atoms with Gasteiger partial charge in [0.2, 0.25) is 0 Å². The molecule has 0 saturated carbocycles. The second-order valence-electron chi connectivity index (χ2n) is 5.49. The quantitative estimate of drug-likeness (QED) is 0.861. The van der Waals surface area contributed by atoms with Crippen LogP contribution >= 0.6 is 11.6 Å². The summed E-state index contributed by atoms with van der Waals surface area (Å²) >= 11 is 6.28.